The minimum absolute atomic E-state index is 0.157. The second-order valence-electron chi connectivity index (χ2n) is 4.62. The molecule has 1 unspecified atom stereocenters. The average Bonchev–Trinajstić information content (AvgIpc) is 2.96. The van der Waals surface area contributed by atoms with Gasteiger partial charge in [0.2, 0.25) is 0 Å². The second kappa shape index (κ2) is 5.50. The van der Waals surface area contributed by atoms with E-state index in [9.17, 15) is 4.79 Å². The molecule has 0 bridgehead atoms. The predicted molar refractivity (Wildman–Crippen MR) is 75.3 cm³/mol. The Morgan fingerprint density at radius 3 is 2.74 bits per heavy atom. The zero-order chi connectivity index (χ0) is 14.0. The monoisotopic (exact) mass is 279 g/mol. The van der Waals surface area contributed by atoms with Crippen LogP contribution in [0.2, 0.25) is 0 Å². The van der Waals surface area contributed by atoms with E-state index in [0.29, 0.717) is 11.4 Å². The van der Waals surface area contributed by atoms with Gasteiger partial charge in [-0.1, -0.05) is 0 Å². The van der Waals surface area contributed by atoms with Crippen LogP contribution in [0.5, 0.6) is 0 Å². The first kappa shape index (κ1) is 13.7. The van der Waals surface area contributed by atoms with E-state index < -0.39 is 0 Å². The second-order valence-corrected chi connectivity index (χ2v) is 5.51. The maximum atomic E-state index is 12.0. The number of thiazole rings is 1. The summed E-state index contributed by atoms with van der Waals surface area (Å²) in [4.78, 5) is 16.2. The Hall–Kier alpha value is -1.73. The Morgan fingerprint density at radius 1 is 1.47 bits per heavy atom. The van der Waals surface area contributed by atoms with Crippen molar-refractivity contribution in [3.63, 3.8) is 0 Å². The first-order valence-corrected chi connectivity index (χ1v) is 6.92. The molecule has 19 heavy (non-hydrogen) atoms. The summed E-state index contributed by atoms with van der Waals surface area (Å²) in [6, 6.07) is 0.102. The zero-order valence-corrected chi connectivity index (χ0v) is 11.9. The summed E-state index contributed by atoms with van der Waals surface area (Å²) in [6.45, 7) is 5.88. The largest absolute Gasteiger partial charge is 0.322 e. The molecule has 2 heterocycles. The first-order valence-electron chi connectivity index (χ1n) is 6.04. The molecule has 7 heteroatoms. The molecule has 0 aliphatic heterocycles. The highest BCUT2D eigenvalue weighted by atomic mass is 32.1. The molecule has 102 valence electrons. The SMILES string of the molecule is CC(N)c1nc(C(=O)Nc2cnn(C(C)C)c2)cs1. The summed E-state index contributed by atoms with van der Waals surface area (Å²) in [6.07, 6.45) is 3.41. The van der Waals surface area contributed by atoms with Crippen molar-refractivity contribution in [2.45, 2.75) is 32.9 Å². The number of nitrogens with two attached hydrogens (primary N) is 1. The van der Waals surface area contributed by atoms with Crippen molar-refractivity contribution in [1.29, 1.82) is 0 Å². The Labute approximate surface area is 115 Å². The molecular weight excluding hydrogens is 262 g/mol. The molecule has 6 nitrogen and oxygen atoms in total. The van der Waals surface area contributed by atoms with Gasteiger partial charge in [0, 0.05) is 17.6 Å². The molecule has 2 aromatic rings. The van der Waals surface area contributed by atoms with E-state index in [4.69, 9.17) is 5.73 Å². The number of nitrogens with zero attached hydrogens (tertiary/aromatic N) is 3. The molecule has 1 atom stereocenters. The van der Waals surface area contributed by atoms with E-state index in [0.717, 1.165) is 5.01 Å². The number of carbonyl (C=O) groups is 1. The molecule has 0 saturated heterocycles. The van der Waals surface area contributed by atoms with Gasteiger partial charge in [-0.3, -0.25) is 9.48 Å². The fourth-order valence-electron chi connectivity index (χ4n) is 1.48. The molecule has 0 aliphatic carbocycles. The minimum atomic E-state index is -0.244. The van der Waals surface area contributed by atoms with Crippen molar-refractivity contribution < 1.29 is 4.79 Å². The maximum Gasteiger partial charge on any atom is 0.275 e. The Bertz CT molecular complexity index is 572. The van der Waals surface area contributed by atoms with Crippen LogP contribution < -0.4 is 11.1 Å². The van der Waals surface area contributed by atoms with Crippen LogP contribution in [0.3, 0.4) is 0 Å². The highest BCUT2D eigenvalue weighted by Gasteiger charge is 2.13. The predicted octanol–water partition coefficient (Wildman–Crippen LogP) is 2.19. The molecular formula is C12H17N5OS. The van der Waals surface area contributed by atoms with Crippen LogP contribution in [-0.2, 0) is 0 Å². The van der Waals surface area contributed by atoms with Gasteiger partial charge in [-0.05, 0) is 20.8 Å². The van der Waals surface area contributed by atoms with Gasteiger partial charge >= 0.3 is 0 Å². The van der Waals surface area contributed by atoms with E-state index in [-0.39, 0.29) is 18.0 Å². The molecule has 0 spiro atoms. The fourth-order valence-corrected chi connectivity index (χ4v) is 2.24. The normalized spacial score (nSPS) is 12.7. The van der Waals surface area contributed by atoms with Crippen LogP contribution in [0.4, 0.5) is 5.69 Å². The van der Waals surface area contributed by atoms with Crippen molar-refractivity contribution in [3.8, 4) is 0 Å². The van der Waals surface area contributed by atoms with E-state index in [1.807, 2.05) is 20.8 Å². The number of hydrogen-bond donors (Lipinski definition) is 2. The van der Waals surface area contributed by atoms with Crippen molar-refractivity contribution in [2.75, 3.05) is 5.32 Å². The smallest absolute Gasteiger partial charge is 0.275 e. The summed E-state index contributed by atoms with van der Waals surface area (Å²) in [7, 11) is 0. The zero-order valence-electron chi connectivity index (χ0n) is 11.1. The van der Waals surface area contributed by atoms with Crippen LogP contribution in [0.1, 0.15) is 48.4 Å². The van der Waals surface area contributed by atoms with Crippen LogP contribution in [0, 0.1) is 0 Å². The van der Waals surface area contributed by atoms with E-state index in [1.54, 1.807) is 22.5 Å². The Kier molecular flexibility index (Phi) is 3.96. The summed E-state index contributed by atoms with van der Waals surface area (Å²) >= 11 is 1.39. The molecule has 0 aromatic carbocycles. The average molecular weight is 279 g/mol. The van der Waals surface area contributed by atoms with Crippen LogP contribution >= 0.6 is 11.3 Å². The lowest BCUT2D eigenvalue weighted by Gasteiger charge is -2.03. The quantitative estimate of drug-likeness (QED) is 0.898. The summed E-state index contributed by atoms with van der Waals surface area (Å²) in [5.74, 6) is -0.244. The van der Waals surface area contributed by atoms with Crippen LogP contribution in [-0.4, -0.2) is 20.7 Å². The van der Waals surface area contributed by atoms with E-state index in [2.05, 4.69) is 15.4 Å². The van der Waals surface area contributed by atoms with Crippen molar-refractivity contribution in [3.05, 3.63) is 28.5 Å². The van der Waals surface area contributed by atoms with Gasteiger partial charge in [0.05, 0.1) is 17.9 Å². The first-order chi connectivity index (χ1) is 8.97. The van der Waals surface area contributed by atoms with E-state index >= 15 is 0 Å². The molecule has 3 N–H and O–H groups in total. The third kappa shape index (κ3) is 3.18. The summed E-state index contributed by atoms with van der Waals surface area (Å²) < 4.78 is 1.78. The van der Waals surface area contributed by atoms with Crippen LogP contribution in [0.15, 0.2) is 17.8 Å². The van der Waals surface area contributed by atoms with Gasteiger partial charge in [-0.2, -0.15) is 5.10 Å². The van der Waals surface area contributed by atoms with Gasteiger partial charge in [-0.25, -0.2) is 4.98 Å². The standard InChI is InChI=1S/C12H17N5OS/c1-7(2)17-5-9(4-14-17)15-11(18)10-6-19-12(16-10)8(3)13/h4-8H,13H2,1-3H3,(H,15,18). The number of carbonyl (C=O) groups excluding carboxylic acids is 1. The Morgan fingerprint density at radius 2 is 2.21 bits per heavy atom. The number of nitrogens with one attached hydrogen (secondary N) is 1. The molecule has 0 fully saturated rings. The van der Waals surface area contributed by atoms with Crippen molar-refractivity contribution in [1.82, 2.24) is 14.8 Å². The summed E-state index contributed by atoms with van der Waals surface area (Å²) in [5.41, 5.74) is 6.76. The Balaban J connectivity index is 2.07. The van der Waals surface area contributed by atoms with Gasteiger partial charge in [0.1, 0.15) is 10.7 Å². The molecule has 2 aromatic heterocycles. The lowest BCUT2D eigenvalue weighted by Crippen LogP contribution is -2.13. The topological polar surface area (TPSA) is 85.8 Å². The number of hydrogen-bond acceptors (Lipinski definition) is 5. The third-order valence-corrected chi connectivity index (χ3v) is 3.58. The van der Waals surface area contributed by atoms with Gasteiger partial charge in [-0.15, -0.1) is 11.3 Å². The third-order valence-electron chi connectivity index (χ3n) is 2.53. The van der Waals surface area contributed by atoms with Crippen molar-refractivity contribution in [2.24, 2.45) is 5.73 Å². The number of amides is 1. The van der Waals surface area contributed by atoms with E-state index in [1.165, 1.54) is 11.3 Å². The number of anilines is 1. The minimum Gasteiger partial charge on any atom is -0.322 e. The number of rotatable bonds is 4. The number of aromatic nitrogens is 3. The molecule has 0 saturated carbocycles. The summed E-state index contributed by atoms with van der Waals surface area (Å²) in [5, 5.41) is 9.39. The fraction of sp³-hybridized carbons (Fsp3) is 0.417. The van der Waals surface area contributed by atoms with Crippen molar-refractivity contribution >= 4 is 22.9 Å². The van der Waals surface area contributed by atoms with Gasteiger partial charge in [0.15, 0.2) is 0 Å². The highest BCUT2D eigenvalue weighted by molar-refractivity contribution is 7.09. The molecule has 0 radical (unpaired) electrons. The lowest BCUT2D eigenvalue weighted by atomic mass is 10.4. The van der Waals surface area contributed by atoms with Crippen LogP contribution in [0.25, 0.3) is 0 Å². The molecule has 2 rings (SSSR count). The molecule has 1 amide bonds. The van der Waals surface area contributed by atoms with Gasteiger partial charge < -0.3 is 11.1 Å². The van der Waals surface area contributed by atoms with Gasteiger partial charge in [0.25, 0.3) is 5.91 Å². The highest BCUT2D eigenvalue weighted by Crippen LogP contribution is 2.17. The maximum absolute atomic E-state index is 12.0. The lowest BCUT2D eigenvalue weighted by molar-refractivity contribution is 0.102. The molecule has 0 aliphatic rings.